The van der Waals surface area contributed by atoms with Crippen LogP contribution >= 0.6 is 0 Å². The van der Waals surface area contributed by atoms with Crippen LogP contribution in [0.1, 0.15) is 66.7 Å². The number of benzene rings is 2. The first-order valence-corrected chi connectivity index (χ1v) is 10.9. The molecule has 0 aliphatic heterocycles. The van der Waals surface area contributed by atoms with Crippen molar-refractivity contribution >= 4 is 0 Å². The van der Waals surface area contributed by atoms with E-state index in [9.17, 15) is 17.6 Å². The molecule has 0 bridgehead atoms. The Morgan fingerprint density at radius 1 is 0.871 bits per heavy atom. The van der Waals surface area contributed by atoms with Crippen molar-refractivity contribution in [3.05, 3.63) is 83.2 Å². The number of alkyl halides is 3. The molecule has 0 amide bonds. The molecule has 0 radical (unpaired) electrons. The van der Waals surface area contributed by atoms with E-state index in [1.165, 1.54) is 37.8 Å². The standard InChI is InChI=1S/C27H26F4/c1-2-18-3-8-22-16-23(12-11-21(22)15-18)24-10-9-20(26(28)17-24)7-4-19-5-13-25(14-6-19)27(29,30)31/h2,5-6,9-10,13-14,17-18,21-23H,1,3,8,11-12,15-16H2. The first kappa shape index (κ1) is 21.7. The van der Waals surface area contributed by atoms with Crippen molar-refractivity contribution in [2.75, 3.05) is 0 Å². The lowest BCUT2D eigenvalue weighted by molar-refractivity contribution is -0.137. The SMILES string of the molecule is C=CC1CCC2CC(c3ccc(C#Cc4ccc(C(F)(F)F)cc4)c(F)c3)CCC2C1. The van der Waals surface area contributed by atoms with Gasteiger partial charge in [-0.3, -0.25) is 0 Å². The van der Waals surface area contributed by atoms with Gasteiger partial charge >= 0.3 is 6.18 Å². The van der Waals surface area contributed by atoms with Gasteiger partial charge in [0.1, 0.15) is 5.82 Å². The fourth-order valence-electron chi connectivity index (χ4n) is 5.21. The fourth-order valence-corrected chi connectivity index (χ4v) is 5.21. The van der Waals surface area contributed by atoms with E-state index in [1.807, 2.05) is 6.07 Å². The Morgan fingerprint density at radius 3 is 2.26 bits per heavy atom. The van der Waals surface area contributed by atoms with Gasteiger partial charge in [-0.1, -0.05) is 24.0 Å². The van der Waals surface area contributed by atoms with Crippen molar-refractivity contribution in [2.45, 2.75) is 50.6 Å². The first-order valence-electron chi connectivity index (χ1n) is 10.9. The van der Waals surface area contributed by atoms with Crippen LogP contribution in [0.5, 0.6) is 0 Å². The average Bonchev–Trinajstić information content (AvgIpc) is 2.77. The van der Waals surface area contributed by atoms with Gasteiger partial charge in [0, 0.05) is 5.56 Å². The van der Waals surface area contributed by atoms with E-state index < -0.39 is 11.7 Å². The summed E-state index contributed by atoms with van der Waals surface area (Å²) in [6.07, 6.45) is 4.80. The predicted molar refractivity (Wildman–Crippen MR) is 115 cm³/mol. The van der Waals surface area contributed by atoms with E-state index >= 15 is 0 Å². The van der Waals surface area contributed by atoms with Crippen molar-refractivity contribution < 1.29 is 17.6 Å². The zero-order valence-corrected chi connectivity index (χ0v) is 17.4. The molecule has 0 heterocycles. The summed E-state index contributed by atoms with van der Waals surface area (Å²) in [6, 6.07) is 9.84. The summed E-state index contributed by atoms with van der Waals surface area (Å²) >= 11 is 0. The van der Waals surface area contributed by atoms with Crippen LogP contribution in [-0.2, 0) is 6.18 Å². The summed E-state index contributed by atoms with van der Waals surface area (Å²) in [5.41, 5.74) is 0.997. The zero-order valence-electron chi connectivity index (χ0n) is 17.4. The van der Waals surface area contributed by atoms with Crippen LogP contribution in [0.2, 0.25) is 0 Å². The largest absolute Gasteiger partial charge is 0.416 e. The van der Waals surface area contributed by atoms with Crippen LogP contribution in [-0.4, -0.2) is 0 Å². The highest BCUT2D eigenvalue weighted by Gasteiger charge is 2.35. The van der Waals surface area contributed by atoms with Crippen LogP contribution in [0.4, 0.5) is 17.6 Å². The highest BCUT2D eigenvalue weighted by molar-refractivity contribution is 5.45. The predicted octanol–water partition coefficient (Wildman–Crippen LogP) is 7.73. The van der Waals surface area contributed by atoms with Gasteiger partial charge in [0.25, 0.3) is 0 Å². The minimum atomic E-state index is -4.38. The van der Waals surface area contributed by atoms with Crippen molar-refractivity contribution in [3.8, 4) is 11.8 Å². The van der Waals surface area contributed by atoms with E-state index in [1.54, 1.807) is 12.1 Å². The molecule has 2 aromatic rings. The third-order valence-electron chi connectivity index (χ3n) is 7.01. The van der Waals surface area contributed by atoms with E-state index in [0.29, 0.717) is 17.4 Å². The molecule has 4 heteroatoms. The van der Waals surface area contributed by atoms with Gasteiger partial charge in [-0.2, -0.15) is 13.2 Å². The lowest BCUT2D eigenvalue weighted by atomic mass is 9.64. The number of hydrogen-bond acceptors (Lipinski definition) is 0. The van der Waals surface area contributed by atoms with Crippen molar-refractivity contribution in [1.82, 2.24) is 0 Å². The topological polar surface area (TPSA) is 0 Å². The smallest absolute Gasteiger partial charge is 0.206 e. The monoisotopic (exact) mass is 426 g/mol. The number of halogens is 4. The van der Waals surface area contributed by atoms with Crippen molar-refractivity contribution in [3.63, 3.8) is 0 Å². The molecular weight excluding hydrogens is 400 g/mol. The Morgan fingerprint density at radius 2 is 1.58 bits per heavy atom. The Hall–Kier alpha value is -2.54. The summed E-state index contributed by atoms with van der Waals surface area (Å²) in [5.74, 6) is 7.68. The van der Waals surface area contributed by atoms with Gasteiger partial charge in [0.15, 0.2) is 0 Å². The number of allylic oxidation sites excluding steroid dienone is 1. The highest BCUT2D eigenvalue weighted by atomic mass is 19.4. The second-order valence-corrected chi connectivity index (χ2v) is 8.90. The van der Waals surface area contributed by atoms with Crippen molar-refractivity contribution in [2.24, 2.45) is 17.8 Å². The van der Waals surface area contributed by atoms with Gasteiger partial charge < -0.3 is 0 Å². The molecule has 4 atom stereocenters. The molecule has 0 saturated heterocycles. The minimum absolute atomic E-state index is 0.267. The lowest BCUT2D eigenvalue weighted by Crippen LogP contribution is -2.30. The molecule has 2 aliphatic rings. The van der Waals surface area contributed by atoms with E-state index in [0.717, 1.165) is 42.4 Å². The second kappa shape index (κ2) is 8.91. The van der Waals surface area contributed by atoms with E-state index in [2.05, 4.69) is 24.5 Å². The molecular formula is C27H26F4. The number of hydrogen-bond donors (Lipinski definition) is 0. The summed E-state index contributed by atoms with van der Waals surface area (Å²) in [6.45, 7) is 3.95. The summed E-state index contributed by atoms with van der Waals surface area (Å²) in [5, 5.41) is 0. The number of fused-ring (bicyclic) bond motifs is 1. The Labute approximate surface area is 181 Å². The highest BCUT2D eigenvalue weighted by Crippen LogP contribution is 2.47. The second-order valence-electron chi connectivity index (χ2n) is 8.90. The molecule has 2 saturated carbocycles. The molecule has 4 unspecified atom stereocenters. The van der Waals surface area contributed by atoms with Crippen molar-refractivity contribution in [1.29, 1.82) is 0 Å². The van der Waals surface area contributed by atoms with Gasteiger partial charge in [-0.25, -0.2) is 4.39 Å². The molecule has 0 N–H and O–H groups in total. The zero-order chi connectivity index (χ0) is 22.0. The van der Waals surface area contributed by atoms with Crippen LogP contribution in [0.15, 0.2) is 55.1 Å². The minimum Gasteiger partial charge on any atom is -0.206 e. The molecule has 2 aromatic carbocycles. The van der Waals surface area contributed by atoms with Gasteiger partial charge in [0.05, 0.1) is 11.1 Å². The van der Waals surface area contributed by atoms with Gasteiger partial charge in [0.2, 0.25) is 0 Å². The molecule has 0 nitrogen and oxygen atoms in total. The number of rotatable bonds is 2. The van der Waals surface area contributed by atoms with Gasteiger partial charge in [-0.15, -0.1) is 6.58 Å². The summed E-state index contributed by atoms with van der Waals surface area (Å²) in [7, 11) is 0. The van der Waals surface area contributed by atoms with E-state index in [4.69, 9.17) is 0 Å². The average molecular weight is 426 g/mol. The molecule has 0 spiro atoms. The summed E-state index contributed by atoms with van der Waals surface area (Å²) < 4.78 is 52.6. The Kier molecular flexibility index (Phi) is 6.23. The molecule has 4 rings (SSSR count). The van der Waals surface area contributed by atoms with Gasteiger partial charge in [-0.05, 0) is 104 Å². The third kappa shape index (κ3) is 5.03. The maximum Gasteiger partial charge on any atom is 0.416 e. The van der Waals surface area contributed by atoms with Crippen LogP contribution in [0.3, 0.4) is 0 Å². The van der Waals surface area contributed by atoms with Crippen LogP contribution in [0.25, 0.3) is 0 Å². The molecule has 31 heavy (non-hydrogen) atoms. The quantitative estimate of drug-likeness (QED) is 0.262. The molecule has 0 aromatic heterocycles. The van der Waals surface area contributed by atoms with Crippen LogP contribution in [0, 0.1) is 35.4 Å². The molecule has 2 aliphatic carbocycles. The molecule has 2 fully saturated rings. The third-order valence-corrected chi connectivity index (χ3v) is 7.01. The summed E-state index contributed by atoms with van der Waals surface area (Å²) in [4.78, 5) is 0. The lowest BCUT2D eigenvalue weighted by Gasteiger charge is -2.41. The Balaban J connectivity index is 1.43. The normalized spacial score (nSPS) is 25.8. The van der Waals surface area contributed by atoms with Crippen LogP contribution < -0.4 is 0 Å². The fraction of sp³-hybridized carbons (Fsp3) is 0.407. The maximum atomic E-state index is 14.7. The Bertz CT molecular complexity index is 991. The maximum absolute atomic E-state index is 14.7. The van der Waals surface area contributed by atoms with E-state index in [-0.39, 0.29) is 11.4 Å². The first-order chi connectivity index (χ1) is 14.8. The molecule has 162 valence electrons.